The summed E-state index contributed by atoms with van der Waals surface area (Å²) >= 11 is 0.793. The van der Waals surface area contributed by atoms with E-state index in [2.05, 4.69) is 21.1 Å². The highest BCUT2D eigenvalue weighted by molar-refractivity contribution is 8.00. The van der Waals surface area contributed by atoms with Gasteiger partial charge in [-0.1, -0.05) is 18.2 Å². The van der Waals surface area contributed by atoms with Crippen molar-refractivity contribution in [3.63, 3.8) is 0 Å². The van der Waals surface area contributed by atoms with Crippen LogP contribution in [0.1, 0.15) is 18.2 Å². The zero-order valence-electron chi connectivity index (χ0n) is 20.8. The van der Waals surface area contributed by atoms with Crippen LogP contribution in [-0.4, -0.2) is 98.7 Å². The number of aliphatic hydroxyl groups excluding tert-OH is 1. The lowest BCUT2D eigenvalue weighted by molar-refractivity contribution is -0.138. The molecule has 1 heterocycles. The van der Waals surface area contributed by atoms with Gasteiger partial charge in [-0.05, 0) is 29.0 Å². The van der Waals surface area contributed by atoms with Crippen LogP contribution in [0.4, 0.5) is 0 Å². The maximum Gasteiger partial charge on any atom is 0.364 e. The molecule has 2 aromatic rings. The van der Waals surface area contributed by atoms with E-state index in [-0.39, 0.29) is 23.5 Å². The number of aliphatic carboxylic acids is 1. The molecule has 0 spiro atoms. The normalized spacial score (nSPS) is 14.5. The van der Waals surface area contributed by atoms with Crippen molar-refractivity contribution >= 4 is 45.7 Å². The Kier molecular flexibility index (Phi) is 11.3. The number of aryl methyl sites for hydroxylation is 1. The number of aromatic nitrogens is 4. The van der Waals surface area contributed by atoms with Crippen molar-refractivity contribution < 1.29 is 37.8 Å². The van der Waals surface area contributed by atoms with Crippen molar-refractivity contribution in [2.24, 2.45) is 12.8 Å². The average molecular weight is 588 g/mol. The molecule has 0 aliphatic carbocycles. The third-order valence-corrected chi connectivity index (χ3v) is 8.58. The molecule has 1 aromatic heterocycles. The van der Waals surface area contributed by atoms with Crippen LogP contribution >= 0.6 is 11.8 Å². The Hall–Kier alpha value is -3.61. The summed E-state index contributed by atoms with van der Waals surface area (Å²) in [4.78, 5) is 59.7. The summed E-state index contributed by atoms with van der Waals surface area (Å²) in [6, 6.07) is 6.06. The number of hydrogen-bond donors (Lipinski definition) is 5. The minimum absolute atomic E-state index is 0.0130. The van der Waals surface area contributed by atoms with Crippen LogP contribution in [0.25, 0.3) is 0 Å². The zero-order chi connectivity index (χ0) is 29.2. The Balaban J connectivity index is 2.28. The second-order valence-electron chi connectivity index (χ2n) is 8.45. The lowest BCUT2D eigenvalue weighted by atomic mass is 9.97. The van der Waals surface area contributed by atoms with Gasteiger partial charge >= 0.3 is 11.7 Å². The van der Waals surface area contributed by atoms with Crippen molar-refractivity contribution in [1.82, 2.24) is 30.4 Å². The van der Waals surface area contributed by atoms with Gasteiger partial charge in [0.15, 0.2) is 9.84 Å². The summed E-state index contributed by atoms with van der Waals surface area (Å²) in [5, 5.41) is 28.8. The fourth-order valence-corrected chi connectivity index (χ4v) is 6.20. The van der Waals surface area contributed by atoms with Crippen LogP contribution in [0.5, 0.6) is 0 Å². The van der Waals surface area contributed by atoms with Gasteiger partial charge in [-0.3, -0.25) is 14.4 Å². The molecule has 18 heteroatoms. The minimum atomic E-state index is -3.95. The highest BCUT2D eigenvalue weighted by atomic mass is 32.2. The van der Waals surface area contributed by atoms with Crippen LogP contribution in [0.2, 0.25) is 0 Å². The molecule has 3 atom stereocenters. The third-order valence-electron chi connectivity index (χ3n) is 5.35. The molecule has 6 N–H and O–H groups in total. The fraction of sp³-hybridized carbons (Fsp3) is 0.476. The molecule has 2 rings (SSSR count). The van der Waals surface area contributed by atoms with Gasteiger partial charge in [0.1, 0.15) is 24.2 Å². The van der Waals surface area contributed by atoms with Gasteiger partial charge in [0.2, 0.25) is 11.8 Å². The molecule has 0 aliphatic rings. The van der Waals surface area contributed by atoms with Gasteiger partial charge in [-0.2, -0.15) is 9.36 Å². The lowest BCUT2D eigenvalue weighted by Crippen LogP contribution is -2.51. The van der Waals surface area contributed by atoms with Crippen molar-refractivity contribution in [2.45, 2.75) is 34.7 Å². The second kappa shape index (κ2) is 14.0. The maximum atomic E-state index is 13.0. The van der Waals surface area contributed by atoms with Gasteiger partial charge in [0, 0.05) is 19.2 Å². The third kappa shape index (κ3) is 9.27. The molecular formula is C21H29N7O9S2. The lowest BCUT2D eigenvalue weighted by Gasteiger charge is -2.23. The predicted octanol–water partition coefficient (Wildman–Crippen LogP) is -2.96. The van der Waals surface area contributed by atoms with Crippen molar-refractivity contribution in [3.05, 3.63) is 40.8 Å². The van der Waals surface area contributed by atoms with Crippen LogP contribution in [0, 0.1) is 0 Å². The molecular weight excluding hydrogens is 558 g/mol. The average Bonchev–Trinajstić information content (AvgIpc) is 3.25. The monoisotopic (exact) mass is 587 g/mol. The number of tetrazole rings is 1. The molecule has 0 saturated heterocycles. The largest absolute Gasteiger partial charge is 0.480 e. The molecule has 1 aromatic carbocycles. The molecule has 2 amide bonds. The number of carbonyl (C=O) groups is 4. The highest BCUT2D eigenvalue weighted by Crippen LogP contribution is 2.26. The Morgan fingerprint density at radius 2 is 1.90 bits per heavy atom. The summed E-state index contributed by atoms with van der Waals surface area (Å²) in [6.07, 6.45) is -0.315. The molecule has 16 nitrogen and oxygen atoms in total. The van der Waals surface area contributed by atoms with E-state index in [9.17, 15) is 37.5 Å². The van der Waals surface area contributed by atoms with Gasteiger partial charge in [-0.25, -0.2) is 13.2 Å². The number of aldehydes is 1. The molecule has 0 fully saturated rings. The molecule has 0 saturated carbocycles. The number of amides is 2. The van der Waals surface area contributed by atoms with Gasteiger partial charge in [0.05, 0.1) is 22.8 Å². The topological polar surface area (TPSA) is 246 Å². The van der Waals surface area contributed by atoms with Crippen LogP contribution in [-0.2, 0) is 36.1 Å². The number of benzene rings is 1. The summed E-state index contributed by atoms with van der Waals surface area (Å²) in [7, 11) is -2.64. The number of sulfone groups is 1. The number of hydrogen-bond acceptors (Lipinski definition) is 12. The van der Waals surface area contributed by atoms with Crippen LogP contribution in [0.3, 0.4) is 0 Å². The van der Waals surface area contributed by atoms with Gasteiger partial charge < -0.3 is 31.4 Å². The van der Waals surface area contributed by atoms with E-state index in [1.807, 2.05) is 0 Å². The Morgan fingerprint density at radius 1 is 1.23 bits per heavy atom. The Morgan fingerprint density at radius 3 is 2.44 bits per heavy atom. The van der Waals surface area contributed by atoms with E-state index in [0.29, 0.717) is 6.29 Å². The van der Waals surface area contributed by atoms with Crippen LogP contribution < -0.4 is 22.1 Å². The smallest absolute Gasteiger partial charge is 0.364 e. The number of carboxylic acids is 1. The van der Waals surface area contributed by atoms with E-state index in [0.717, 1.165) is 21.1 Å². The first-order chi connectivity index (χ1) is 18.3. The molecule has 1 unspecified atom stereocenters. The molecule has 0 aliphatic heterocycles. The SMILES string of the molecule is Cn1nnn(C(CS(=O)(=O)c2ccccc2)SC[C@H](NC(=O)CC[C@](N)(C=O)CO)C(=O)NCC(=O)O)c1=O. The number of nitrogens with one attached hydrogen (secondary N) is 2. The minimum Gasteiger partial charge on any atom is -0.480 e. The van der Waals surface area contributed by atoms with Crippen LogP contribution in [0.15, 0.2) is 40.0 Å². The van der Waals surface area contributed by atoms with Gasteiger partial charge in [0.25, 0.3) is 0 Å². The van der Waals surface area contributed by atoms with E-state index in [1.54, 1.807) is 6.07 Å². The summed E-state index contributed by atoms with van der Waals surface area (Å²) in [5.74, 6) is -3.92. The van der Waals surface area contributed by atoms with Gasteiger partial charge in [-0.15, -0.1) is 11.8 Å². The first-order valence-electron chi connectivity index (χ1n) is 11.3. The Bertz CT molecular complexity index is 1330. The highest BCUT2D eigenvalue weighted by Gasteiger charge is 2.30. The van der Waals surface area contributed by atoms with Crippen molar-refractivity contribution in [3.8, 4) is 0 Å². The molecule has 0 bridgehead atoms. The zero-order valence-corrected chi connectivity index (χ0v) is 22.4. The van der Waals surface area contributed by atoms with Crippen molar-refractivity contribution in [2.75, 3.05) is 24.7 Å². The molecule has 39 heavy (non-hydrogen) atoms. The van der Waals surface area contributed by atoms with E-state index in [4.69, 9.17) is 10.8 Å². The fourth-order valence-electron chi connectivity index (χ4n) is 3.07. The predicted molar refractivity (Wildman–Crippen MR) is 137 cm³/mol. The second-order valence-corrected chi connectivity index (χ2v) is 11.7. The number of nitrogens with zero attached hydrogens (tertiary/aromatic N) is 4. The quantitative estimate of drug-likeness (QED) is 0.123. The van der Waals surface area contributed by atoms with E-state index in [1.165, 1.54) is 31.3 Å². The Labute approximate surface area is 226 Å². The maximum absolute atomic E-state index is 13.0. The van der Waals surface area contributed by atoms with Crippen molar-refractivity contribution in [1.29, 1.82) is 0 Å². The van der Waals surface area contributed by atoms with E-state index >= 15 is 0 Å². The number of thioether (sulfide) groups is 1. The number of rotatable bonds is 16. The molecule has 0 radical (unpaired) electrons. The first-order valence-corrected chi connectivity index (χ1v) is 14.0. The standard InChI is InChI=1S/C21H29N7O9S2/c1-27-20(35)28(26-25-27)17(11-39(36,37)14-5-3-2-4-6-14)38-10-15(19(34)23-9-18(32)33)24-16(31)7-8-21(22,12-29)13-30/h2-6,12,15,17,30H,7-11,13,22H2,1H3,(H,23,34)(H,24,31)(H,32,33)/t15-,17?,21-/m0/s1. The first kappa shape index (κ1) is 31.6. The number of nitrogens with two attached hydrogens (primary N) is 1. The summed E-state index contributed by atoms with van der Waals surface area (Å²) in [5.41, 5.74) is 3.25. The summed E-state index contributed by atoms with van der Waals surface area (Å²) < 4.78 is 27.8. The van der Waals surface area contributed by atoms with E-state index < -0.39 is 69.2 Å². The number of aliphatic hydroxyl groups is 1. The summed E-state index contributed by atoms with van der Waals surface area (Å²) in [6.45, 7) is -1.47. The number of carbonyl (C=O) groups excluding carboxylic acids is 3. The molecule has 214 valence electrons. The number of carboxylic acid groups (broad SMARTS) is 1.